The summed E-state index contributed by atoms with van der Waals surface area (Å²) in [6.07, 6.45) is 22.6. The molecule has 1 saturated heterocycles. The van der Waals surface area contributed by atoms with Crippen molar-refractivity contribution in [3.8, 4) is 0 Å². The number of hydrogen-bond donors (Lipinski definition) is 0. The molecule has 0 atom stereocenters. The van der Waals surface area contributed by atoms with Gasteiger partial charge in [0.1, 0.15) is 0 Å². The van der Waals surface area contributed by atoms with Gasteiger partial charge in [0.15, 0.2) is 0 Å². The maximum atomic E-state index is 2.33. The van der Waals surface area contributed by atoms with Crippen molar-refractivity contribution in [2.45, 2.75) is 38.5 Å². The van der Waals surface area contributed by atoms with Crippen molar-refractivity contribution in [3.05, 3.63) is 24.3 Å². The number of unbranched alkanes of at least 4 members (excludes halogenated alkanes) is 2. The van der Waals surface area contributed by atoms with Gasteiger partial charge in [-0.2, -0.15) is 0 Å². The summed E-state index contributed by atoms with van der Waals surface area (Å²) in [7, 11) is 0.500. The number of hydrogen-bond acceptors (Lipinski definition) is 0. The fourth-order valence-corrected chi connectivity index (χ4v) is 5.25. The SMILES string of the molecule is C1=CC(CCCCCP2CCCC2)C=C1. The molecular weight excluding hydrogens is 199 g/mol. The minimum Gasteiger partial charge on any atom is -0.107 e. The van der Waals surface area contributed by atoms with Gasteiger partial charge in [0, 0.05) is 0 Å². The summed E-state index contributed by atoms with van der Waals surface area (Å²) in [5.41, 5.74) is 0. The molecule has 0 amide bonds. The van der Waals surface area contributed by atoms with E-state index in [0.29, 0.717) is 7.92 Å². The molecule has 0 aromatic heterocycles. The Morgan fingerprint density at radius 1 is 0.933 bits per heavy atom. The van der Waals surface area contributed by atoms with E-state index in [9.17, 15) is 0 Å². The molecule has 0 aromatic carbocycles. The average molecular weight is 222 g/mol. The Morgan fingerprint density at radius 2 is 1.67 bits per heavy atom. The summed E-state index contributed by atoms with van der Waals surface area (Å²) in [5.74, 6) is 0.766. The van der Waals surface area contributed by atoms with Gasteiger partial charge >= 0.3 is 0 Å². The Hall–Kier alpha value is -0.0900. The van der Waals surface area contributed by atoms with E-state index >= 15 is 0 Å². The summed E-state index contributed by atoms with van der Waals surface area (Å²) < 4.78 is 0. The first-order valence-electron chi connectivity index (χ1n) is 6.52. The van der Waals surface area contributed by atoms with Crippen LogP contribution in [0.15, 0.2) is 24.3 Å². The van der Waals surface area contributed by atoms with Crippen LogP contribution in [-0.2, 0) is 0 Å². The Kier molecular flexibility index (Phi) is 4.93. The lowest BCUT2D eigenvalue weighted by molar-refractivity contribution is 0.616. The van der Waals surface area contributed by atoms with E-state index in [-0.39, 0.29) is 0 Å². The van der Waals surface area contributed by atoms with E-state index in [1.165, 1.54) is 38.5 Å². The maximum absolute atomic E-state index is 2.33. The molecule has 1 heteroatoms. The fraction of sp³-hybridized carbons (Fsp3) is 0.714. The highest BCUT2D eigenvalue weighted by atomic mass is 31.1. The molecule has 2 aliphatic rings. The van der Waals surface area contributed by atoms with Crippen molar-refractivity contribution >= 4 is 7.92 Å². The smallest absolute Gasteiger partial charge is 0.00473 e. The van der Waals surface area contributed by atoms with Crippen LogP contribution in [-0.4, -0.2) is 18.5 Å². The van der Waals surface area contributed by atoms with Crippen LogP contribution in [0.1, 0.15) is 38.5 Å². The minimum absolute atomic E-state index is 0.500. The van der Waals surface area contributed by atoms with Gasteiger partial charge in [-0.25, -0.2) is 0 Å². The van der Waals surface area contributed by atoms with Crippen LogP contribution in [0.4, 0.5) is 0 Å². The van der Waals surface area contributed by atoms with Crippen molar-refractivity contribution in [2.75, 3.05) is 18.5 Å². The highest BCUT2D eigenvalue weighted by Crippen LogP contribution is 2.43. The van der Waals surface area contributed by atoms with Gasteiger partial charge in [-0.3, -0.25) is 0 Å². The molecule has 2 rings (SSSR count). The Balaban J connectivity index is 1.44. The van der Waals surface area contributed by atoms with Crippen LogP contribution in [0.2, 0.25) is 0 Å². The standard InChI is InChI=1S/C14H23P/c1(2-8-14-9-3-4-10-14)5-11-15-12-6-7-13-15/h3-4,9-10,14H,1-2,5-8,11-13H2. The molecule has 0 N–H and O–H groups in total. The Bertz CT molecular complexity index is 211. The molecule has 1 aliphatic heterocycles. The van der Waals surface area contributed by atoms with Gasteiger partial charge < -0.3 is 0 Å². The molecule has 0 aromatic rings. The van der Waals surface area contributed by atoms with Gasteiger partial charge in [-0.05, 0) is 50.1 Å². The second-order valence-electron chi connectivity index (χ2n) is 4.83. The molecular formula is C14H23P. The summed E-state index contributed by atoms with van der Waals surface area (Å²) in [5, 5.41) is 0. The molecule has 0 nitrogen and oxygen atoms in total. The second kappa shape index (κ2) is 6.48. The summed E-state index contributed by atoms with van der Waals surface area (Å²) >= 11 is 0. The molecule has 0 bridgehead atoms. The average Bonchev–Trinajstić information content (AvgIpc) is 2.88. The molecule has 1 fully saturated rings. The Labute approximate surface area is 95.6 Å². The lowest BCUT2D eigenvalue weighted by atomic mass is 10.0. The number of rotatable bonds is 6. The maximum Gasteiger partial charge on any atom is -0.00473 e. The van der Waals surface area contributed by atoms with Gasteiger partial charge in [0.25, 0.3) is 0 Å². The van der Waals surface area contributed by atoms with E-state index < -0.39 is 0 Å². The molecule has 0 saturated carbocycles. The van der Waals surface area contributed by atoms with Crippen LogP contribution in [0.25, 0.3) is 0 Å². The molecule has 0 unspecified atom stereocenters. The van der Waals surface area contributed by atoms with E-state index in [1.807, 2.05) is 0 Å². The van der Waals surface area contributed by atoms with Crippen LogP contribution in [0, 0.1) is 5.92 Å². The largest absolute Gasteiger partial charge is 0.107 e. The first-order chi connectivity index (χ1) is 7.45. The van der Waals surface area contributed by atoms with E-state index in [1.54, 1.807) is 18.5 Å². The Morgan fingerprint density at radius 3 is 2.40 bits per heavy atom. The van der Waals surface area contributed by atoms with E-state index in [2.05, 4.69) is 24.3 Å². The summed E-state index contributed by atoms with van der Waals surface area (Å²) in [4.78, 5) is 0. The minimum atomic E-state index is 0.500. The molecule has 1 heterocycles. The highest BCUT2D eigenvalue weighted by molar-refractivity contribution is 7.57. The quantitative estimate of drug-likeness (QED) is 0.456. The first kappa shape index (κ1) is 11.4. The zero-order valence-electron chi connectivity index (χ0n) is 9.70. The molecule has 15 heavy (non-hydrogen) atoms. The van der Waals surface area contributed by atoms with Crippen molar-refractivity contribution in [1.29, 1.82) is 0 Å². The zero-order chi connectivity index (χ0) is 10.3. The van der Waals surface area contributed by atoms with Gasteiger partial charge in [-0.15, -0.1) is 7.92 Å². The molecule has 0 radical (unpaired) electrons. The fourth-order valence-electron chi connectivity index (χ4n) is 2.57. The third kappa shape index (κ3) is 4.11. The predicted octanol–water partition coefficient (Wildman–Crippen LogP) is 4.56. The molecule has 0 spiro atoms. The van der Waals surface area contributed by atoms with Crippen molar-refractivity contribution in [3.63, 3.8) is 0 Å². The molecule has 1 aliphatic carbocycles. The third-order valence-corrected chi connectivity index (χ3v) is 6.38. The number of allylic oxidation sites excluding steroid dienone is 4. The highest BCUT2D eigenvalue weighted by Gasteiger charge is 2.13. The lowest BCUT2D eigenvalue weighted by Crippen LogP contribution is -1.91. The van der Waals surface area contributed by atoms with Crippen LogP contribution in [0.3, 0.4) is 0 Å². The monoisotopic (exact) mass is 222 g/mol. The van der Waals surface area contributed by atoms with Gasteiger partial charge in [-0.1, -0.05) is 37.1 Å². The predicted molar refractivity (Wildman–Crippen MR) is 71.0 cm³/mol. The topological polar surface area (TPSA) is 0 Å². The van der Waals surface area contributed by atoms with Gasteiger partial charge in [0.2, 0.25) is 0 Å². The second-order valence-corrected chi connectivity index (χ2v) is 7.52. The molecule has 84 valence electrons. The van der Waals surface area contributed by atoms with Crippen molar-refractivity contribution < 1.29 is 0 Å². The van der Waals surface area contributed by atoms with Gasteiger partial charge in [0.05, 0.1) is 0 Å². The zero-order valence-corrected chi connectivity index (χ0v) is 10.6. The lowest BCUT2D eigenvalue weighted by Gasteiger charge is -2.09. The van der Waals surface area contributed by atoms with Crippen molar-refractivity contribution in [2.24, 2.45) is 5.92 Å². The van der Waals surface area contributed by atoms with Crippen LogP contribution >= 0.6 is 7.92 Å². The normalized spacial score (nSPS) is 21.9. The van der Waals surface area contributed by atoms with E-state index in [0.717, 1.165) is 5.92 Å². The first-order valence-corrected chi connectivity index (χ1v) is 8.42. The summed E-state index contributed by atoms with van der Waals surface area (Å²) in [6.45, 7) is 0. The van der Waals surface area contributed by atoms with Crippen molar-refractivity contribution in [1.82, 2.24) is 0 Å². The summed E-state index contributed by atoms with van der Waals surface area (Å²) in [6, 6.07) is 0. The third-order valence-electron chi connectivity index (χ3n) is 3.54. The van der Waals surface area contributed by atoms with Crippen LogP contribution < -0.4 is 0 Å². The van der Waals surface area contributed by atoms with E-state index in [4.69, 9.17) is 0 Å². The van der Waals surface area contributed by atoms with Crippen LogP contribution in [0.5, 0.6) is 0 Å².